The van der Waals surface area contributed by atoms with Crippen LogP contribution >= 0.6 is 0 Å². The number of rotatable bonds is 9. The van der Waals surface area contributed by atoms with Gasteiger partial charge in [-0.3, -0.25) is 4.99 Å². The largest absolute Gasteiger partial charge is 0.489 e. The van der Waals surface area contributed by atoms with Gasteiger partial charge in [-0.05, 0) is 37.9 Å². The zero-order valence-electron chi connectivity index (χ0n) is 18.4. The Kier molecular flexibility index (Phi) is 9.58. The Morgan fingerprint density at radius 1 is 1.07 bits per heavy atom. The predicted molar refractivity (Wildman–Crippen MR) is 118 cm³/mol. The molecule has 1 aromatic rings. The molecule has 1 aliphatic rings. The quantitative estimate of drug-likeness (QED) is 0.501. The number of nitrogens with zero attached hydrogens (tertiary/aromatic N) is 3. The number of likely N-dealkylation sites (N-methyl/N-ethyl adjacent to an activating group) is 1. The number of hydrogen-bond acceptors (Lipinski definition) is 4. The molecular formula is C22H39N5O. The van der Waals surface area contributed by atoms with E-state index >= 15 is 0 Å². The Balaban J connectivity index is 1.66. The lowest BCUT2D eigenvalue weighted by molar-refractivity contribution is 0.124. The molecule has 6 heteroatoms. The van der Waals surface area contributed by atoms with Crippen LogP contribution in [0.3, 0.4) is 0 Å². The average Bonchev–Trinajstić information content (AvgIpc) is 2.70. The van der Waals surface area contributed by atoms with Gasteiger partial charge in [-0.15, -0.1) is 0 Å². The first-order valence-electron chi connectivity index (χ1n) is 10.6. The van der Waals surface area contributed by atoms with Gasteiger partial charge in [0.1, 0.15) is 11.9 Å². The van der Waals surface area contributed by atoms with Crippen molar-refractivity contribution in [2.24, 2.45) is 10.9 Å². The van der Waals surface area contributed by atoms with Gasteiger partial charge < -0.3 is 25.2 Å². The van der Waals surface area contributed by atoms with E-state index in [1.807, 2.05) is 25.2 Å². The van der Waals surface area contributed by atoms with Gasteiger partial charge in [0.05, 0.1) is 6.54 Å². The maximum atomic E-state index is 6.03. The molecule has 0 saturated carbocycles. The number of nitrogens with one attached hydrogen (secondary N) is 2. The number of guanidine groups is 1. The zero-order chi connectivity index (χ0) is 20.4. The van der Waals surface area contributed by atoms with Crippen LogP contribution < -0.4 is 15.4 Å². The van der Waals surface area contributed by atoms with Crippen molar-refractivity contribution in [2.45, 2.75) is 33.8 Å². The van der Waals surface area contributed by atoms with Crippen molar-refractivity contribution >= 4 is 5.96 Å². The number of aryl methyl sites for hydroxylation is 1. The summed E-state index contributed by atoms with van der Waals surface area (Å²) in [6, 6.07) is 8.12. The molecule has 1 aromatic carbocycles. The third kappa shape index (κ3) is 7.68. The van der Waals surface area contributed by atoms with Crippen LogP contribution in [0.4, 0.5) is 0 Å². The van der Waals surface area contributed by atoms with Crippen LogP contribution in [-0.4, -0.2) is 81.3 Å². The molecule has 2 atom stereocenters. The molecule has 1 aliphatic heterocycles. The second kappa shape index (κ2) is 11.9. The van der Waals surface area contributed by atoms with E-state index in [1.54, 1.807) is 0 Å². The average molecular weight is 390 g/mol. The first-order chi connectivity index (χ1) is 13.5. The molecular weight excluding hydrogens is 350 g/mol. The Morgan fingerprint density at radius 3 is 2.36 bits per heavy atom. The van der Waals surface area contributed by atoms with E-state index in [0.29, 0.717) is 12.5 Å². The highest BCUT2D eigenvalue weighted by molar-refractivity contribution is 5.79. The number of ether oxygens (including phenoxy) is 1. The van der Waals surface area contributed by atoms with Gasteiger partial charge in [0.25, 0.3) is 0 Å². The molecule has 2 rings (SSSR count). The summed E-state index contributed by atoms with van der Waals surface area (Å²) in [5.74, 6) is 2.35. The highest BCUT2D eigenvalue weighted by Gasteiger charge is 2.17. The molecule has 28 heavy (non-hydrogen) atoms. The van der Waals surface area contributed by atoms with Crippen molar-refractivity contribution in [3.05, 3.63) is 29.8 Å². The summed E-state index contributed by atoms with van der Waals surface area (Å²) < 4.78 is 6.03. The number of aliphatic imine (C=N–C) groups is 1. The number of hydrogen-bond donors (Lipinski definition) is 2. The van der Waals surface area contributed by atoms with E-state index in [0.717, 1.165) is 30.4 Å². The summed E-state index contributed by atoms with van der Waals surface area (Å²) in [7, 11) is 1.82. The highest BCUT2D eigenvalue weighted by atomic mass is 16.5. The Bertz CT molecular complexity index is 598. The van der Waals surface area contributed by atoms with E-state index in [-0.39, 0.29) is 6.10 Å². The zero-order valence-corrected chi connectivity index (χ0v) is 18.4. The van der Waals surface area contributed by atoms with E-state index in [1.165, 1.54) is 32.7 Å². The summed E-state index contributed by atoms with van der Waals surface area (Å²) in [5, 5.41) is 6.83. The Morgan fingerprint density at radius 2 is 1.71 bits per heavy atom. The summed E-state index contributed by atoms with van der Waals surface area (Å²) in [6.45, 7) is 17.4. The lowest BCUT2D eigenvalue weighted by atomic mass is 10.1. The number of piperazine rings is 1. The number of para-hydroxylation sites is 1. The summed E-state index contributed by atoms with van der Waals surface area (Å²) >= 11 is 0. The molecule has 6 nitrogen and oxygen atoms in total. The number of benzene rings is 1. The highest BCUT2D eigenvalue weighted by Crippen LogP contribution is 2.17. The van der Waals surface area contributed by atoms with Crippen LogP contribution in [0.5, 0.6) is 5.75 Å². The lowest BCUT2D eigenvalue weighted by Crippen LogP contribution is -2.49. The molecule has 0 bridgehead atoms. The minimum atomic E-state index is 0.0620. The van der Waals surface area contributed by atoms with Crippen LogP contribution in [0, 0.1) is 12.8 Å². The molecule has 0 spiro atoms. The molecule has 1 heterocycles. The lowest BCUT2D eigenvalue weighted by Gasteiger charge is -2.35. The van der Waals surface area contributed by atoms with Gasteiger partial charge in [-0.25, -0.2) is 0 Å². The standard InChI is InChI=1S/C22H39N5O/c1-6-26-11-13-27(14-12-26)17-18(2)15-24-22(23-5)25-16-20(4)28-21-10-8-7-9-19(21)3/h7-10,18,20H,6,11-17H2,1-5H3,(H2,23,24,25). The summed E-state index contributed by atoms with van der Waals surface area (Å²) in [6.07, 6.45) is 0.0620. The molecule has 2 unspecified atom stereocenters. The second-order valence-electron chi connectivity index (χ2n) is 7.87. The molecule has 158 valence electrons. The van der Waals surface area contributed by atoms with Gasteiger partial charge in [-0.1, -0.05) is 32.0 Å². The third-order valence-electron chi connectivity index (χ3n) is 5.30. The van der Waals surface area contributed by atoms with Crippen molar-refractivity contribution in [3.8, 4) is 5.75 Å². The van der Waals surface area contributed by atoms with Gasteiger partial charge in [-0.2, -0.15) is 0 Å². The molecule has 0 aromatic heterocycles. The van der Waals surface area contributed by atoms with Crippen LogP contribution in [0.1, 0.15) is 26.3 Å². The van der Waals surface area contributed by atoms with Crippen LogP contribution in [0.15, 0.2) is 29.3 Å². The Labute approximate surface area is 171 Å². The van der Waals surface area contributed by atoms with Crippen molar-refractivity contribution in [1.29, 1.82) is 0 Å². The first kappa shape index (κ1) is 22.5. The van der Waals surface area contributed by atoms with Crippen molar-refractivity contribution in [3.63, 3.8) is 0 Å². The predicted octanol–water partition coefficient (Wildman–Crippen LogP) is 2.20. The fraction of sp³-hybridized carbons (Fsp3) is 0.682. The van der Waals surface area contributed by atoms with Crippen LogP contribution in [0.2, 0.25) is 0 Å². The van der Waals surface area contributed by atoms with Crippen LogP contribution in [-0.2, 0) is 0 Å². The Hall–Kier alpha value is -1.79. The maximum absolute atomic E-state index is 6.03. The summed E-state index contributed by atoms with van der Waals surface area (Å²) in [4.78, 5) is 9.44. The minimum absolute atomic E-state index is 0.0620. The normalized spacial score (nSPS) is 18.5. The fourth-order valence-corrected chi connectivity index (χ4v) is 3.47. The smallest absolute Gasteiger partial charge is 0.191 e. The van der Waals surface area contributed by atoms with Crippen molar-refractivity contribution in [1.82, 2.24) is 20.4 Å². The van der Waals surface area contributed by atoms with E-state index in [9.17, 15) is 0 Å². The van der Waals surface area contributed by atoms with E-state index < -0.39 is 0 Å². The van der Waals surface area contributed by atoms with Gasteiger partial charge in [0, 0.05) is 46.3 Å². The second-order valence-corrected chi connectivity index (χ2v) is 7.87. The van der Waals surface area contributed by atoms with E-state index in [2.05, 4.69) is 59.2 Å². The third-order valence-corrected chi connectivity index (χ3v) is 5.30. The minimum Gasteiger partial charge on any atom is -0.489 e. The summed E-state index contributed by atoms with van der Waals surface area (Å²) in [5.41, 5.74) is 1.16. The molecule has 0 amide bonds. The topological polar surface area (TPSA) is 52.1 Å². The molecule has 0 radical (unpaired) electrons. The first-order valence-corrected chi connectivity index (χ1v) is 10.6. The van der Waals surface area contributed by atoms with Crippen molar-refractivity contribution in [2.75, 3.05) is 59.4 Å². The van der Waals surface area contributed by atoms with Crippen molar-refractivity contribution < 1.29 is 4.74 Å². The van der Waals surface area contributed by atoms with Gasteiger partial charge in [0.2, 0.25) is 0 Å². The van der Waals surface area contributed by atoms with E-state index in [4.69, 9.17) is 4.74 Å². The van der Waals surface area contributed by atoms with Crippen LogP contribution in [0.25, 0.3) is 0 Å². The SMILES string of the molecule is CCN1CCN(CC(C)CNC(=NC)NCC(C)Oc2ccccc2C)CC1. The van der Waals surface area contributed by atoms with Gasteiger partial charge >= 0.3 is 0 Å². The molecule has 0 aliphatic carbocycles. The fourth-order valence-electron chi connectivity index (χ4n) is 3.47. The molecule has 1 saturated heterocycles. The molecule has 2 N–H and O–H groups in total. The monoisotopic (exact) mass is 389 g/mol. The molecule has 1 fully saturated rings. The maximum Gasteiger partial charge on any atom is 0.191 e. The van der Waals surface area contributed by atoms with Gasteiger partial charge in [0.15, 0.2) is 5.96 Å².